The summed E-state index contributed by atoms with van der Waals surface area (Å²) in [6.45, 7) is 2.61. The topological polar surface area (TPSA) is 92.5 Å². The van der Waals surface area contributed by atoms with Crippen molar-refractivity contribution in [2.75, 3.05) is 19.6 Å². The van der Waals surface area contributed by atoms with E-state index < -0.39 is 11.8 Å². The van der Waals surface area contributed by atoms with Crippen molar-refractivity contribution in [1.29, 1.82) is 0 Å². The summed E-state index contributed by atoms with van der Waals surface area (Å²) in [6, 6.07) is 0. The molecule has 1 aliphatic heterocycles. The fourth-order valence-corrected chi connectivity index (χ4v) is 1.77. The summed E-state index contributed by atoms with van der Waals surface area (Å²) >= 11 is 0. The molecule has 0 aromatic rings. The van der Waals surface area contributed by atoms with E-state index in [1.165, 1.54) is 4.90 Å². The largest absolute Gasteiger partial charge is 0.330 e. The highest BCUT2D eigenvalue weighted by molar-refractivity contribution is 6.02. The standard InChI is InChI=1S/C11H19N3O3/c1-8(4-5-12)2-3-11(17)14-6-9(15)13-10(16)7-14/h8H,2-7,12H2,1H3,(H,13,15,16). The zero-order valence-corrected chi connectivity index (χ0v) is 10.1. The van der Waals surface area contributed by atoms with Crippen LogP contribution in [0.4, 0.5) is 0 Å². The van der Waals surface area contributed by atoms with Crippen molar-refractivity contribution in [1.82, 2.24) is 10.2 Å². The van der Waals surface area contributed by atoms with Gasteiger partial charge >= 0.3 is 0 Å². The molecule has 1 fully saturated rings. The number of piperazine rings is 1. The number of carbonyl (C=O) groups is 3. The zero-order valence-electron chi connectivity index (χ0n) is 10.1. The number of nitrogens with zero attached hydrogens (tertiary/aromatic N) is 1. The number of nitrogens with one attached hydrogen (secondary N) is 1. The second-order valence-electron chi connectivity index (χ2n) is 4.44. The summed E-state index contributed by atoms with van der Waals surface area (Å²) in [6.07, 6.45) is 1.98. The molecule has 0 radical (unpaired) electrons. The molecule has 0 aromatic heterocycles. The number of amides is 3. The average Bonchev–Trinajstić information content (AvgIpc) is 2.25. The maximum atomic E-state index is 11.8. The molecule has 6 heteroatoms. The predicted octanol–water partition coefficient (Wildman–Crippen LogP) is -0.763. The molecule has 1 aliphatic rings. The summed E-state index contributed by atoms with van der Waals surface area (Å²) in [5, 5.41) is 2.16. The molecule has 1 heterocycles. The van der Waals surface area contributed by atoms with Gasteiger partial charge in [0.25, 0.3) is 0 Å². The Hall–Kier alpha value is -1.43. The Balaban J connectivity index is 2.36. The summed E-state index contributed by atoms with van der Waals surface area (Å²) < 4.78 is 0. The molecule has 17 heavy (non-hydrogen) atoms. The van der Waals surface area contributed by atoms with Crippen molar-refractivity contribution in [2.45, 2.75) is 26.2 Å². The normalized spacial score (nSPS) is 17.9. The fraction of sp³-hybridized carbons (Fsp3) is 0.727. The van der Waals surface area contributed by atoms with E-state index in [0.717, 1.165) is 12.8 Å². The summed E-state index contributed by atoms with van der Waals surface area (Å²) in [5.41, 5.74) is 5.42. The number of rotatable bonds is 5. The monoisotopic (exact) mass is 241 g/mol. The van der Waals surface area contributed by atoms with Crippen LogP contribution in [0, 0.1) is 5.92 Å². The summed E-state index contributed by atoms with van der Waals surface area (Å²) in [7, 11) is 0. The number of carbonyl (C=O) groups excluding carboxylic acids is 3. The van der Waals surface area contributed by atoms with Crippen LogP contribution in [-0.4, -0.2) is 42.3 Å². The van der Waals surface area contributed by atoms with Crippen LogP contribution in [0.5, 0.6) is 0 Å². The van der Waals surface area contributed by atoms with Gasteiger partial charge < -0.3 is 10.6 Å². The molecule has 0 spiro atoms. The van der Waals surface area contributed by atoms with Crippen LogP contribution in [0.3, 0.4) is 0 Å². The van der Waals surface area contributed by atoms with Crippen molar-refractivity contribution in [3.8, 4) is 0 Å². The van der Waals surface area contributed by atoms with E-state index in [0.29, 0.717) is 18.9 Å². The molecule has 0 bridgehead atoms. The van der Waals surface area contributed by atoms with Gasteiger partial charge in [-0.2, -0.15) is 0 Å². The lowest BCUT2D eigenvalue weighted by molar-refractivity contribution is -0.145. The zero-order chi connectivity index (χ0) is 12.8. The van der Waals surface area contributed by atoms with Crippen LogP contribution < -0.4 is 11.1 Å². The molecule has 3 amide bonds. The lowest BCUT2D eigenvalue weighted by Crippen LogP contribution is -2.53. The van der Waals surface area contributed by atoms with Crippen LogP contribution in [0.1, 0.15) is 26.2 Å². The van der Waals surface area contributed by atoms with E-state index in [1.807, 2.05) is 6.92 Å². The Bertz CT molecular complexity index is 301. The summed E-state index contributed by atoms with van der Waals surface area (Å²) in [4.78, 5) is 35.2. The van der Waals surface area contributed by atoms with Crippen molar-refractivity contribution in [3.63, 3.8) is 0 Å². The van der Waals surface area contributed by atoms with E-state index in [2.05, 4.69) is 5.32 Å². The Morgan fingerprint density at radius 2 is 1.94 bits per heavy atom. The van der Waals surface area contributed by atoms with Gasteiger partial charge in [-0.15, -0.1) is 0 Å². The molecule has 3 N–H and O–H groups in total. The van der Waals surface area contributed by atoms with Crippen LogP contribution in [0.15, 0.2) is 0 Å². The van der Waals surface area contributed by atoms with E-state index in [-0.39, 0.29) is 19.0 Å². The van der Waals surface area contributed by atoms with Crippen LogP contribution in [-0.2, 0) is 14.4 Å². The minimum Gasteiger partial charge on any atom is -0.330 e. The highest BCUT2D eigenvalue weighted by Crippen LogP contribution is 2.11. The highest BCUT2D eigenvalue weighted by Gasteiger charge is 2.25. The van der Waals surface area contributed by atoms with Crippen molar-refractivity contribution in [3.05, 3.63) is 0 Å². The van der Waals surface area contributed by atoms with Gasteiger partial charge in [0.05, 0.1) is 0 Å². The molecule has 0 aliphatic carbocycles. The molecule has 1 saturated heterocycles. The number of nitrogens with two attached hydrogens (primary N) is 1. The number of hydrogen-bond donors (Lipinski definition) is 2. The molecule has 96 valence electrons. The van der Waals surface area contributed by atoms with Crippen LogP contribution in [0.2, 0.25) is 0 Å². The van der Waals surface area contributed by atoms with Crippen LogP contribution in [0.25, 0.3) is 0 Å². The molecular weight excluding hydrogens is 222 g/mol. The van der Waals surface area contributed by atoms with E-state index in [9.17, 15) is 14.4 Å². The van der Waals surface area contributed by atoms with Gasteiger partial charge in [0.15, 0.2) is 0 Å². The Morgan fingerprint density at radius 3 is 2.47 bits per heavy atom. The van der Waals surface area contributed by atoms with Gasteiger partial charge in [-0.25, -0.2) is 0 Å². The van der Waals surface area contributed by atoms with Gasteiger partial charge in [0.2, 0.25) is 17.7 Å². The highest BCUT2D eigenvalue weighted by atomic mass is 16.2. The third kappa shape index (κ3) is 4.52. The van der Waals surface area contributed by atoms with Gasteiger partial charge in [-0.05, 0) is 25.3 Å². The molecule has 0 saturated carbocycles. The Morgan fingerprint density at radius 1 is 1.35 bits per heavy atom. The molecule has 6 nitrogen and oxygen atoms in total. The maximum Gasteiger partial charge on any atom is 0.246 e. The van der Waals surface area contributed by atoms with Crippen molar-refractivity contribution in [2.24, 2.45) is 11.7 Å². The lowest BCUT2D eigenvalue weighted by atomic mass is 10.0. The van der Waals surface area contributed by atoms with Gasteiger partial charge in [0, 0.05) is 6.42 Å². The van der Waals surface area contributed by atoms with Gasteiger partial charge in [0.1, 0.15) is 13.1 Å². The van der Waals surface area contributed by atoms with E-state index in [4.69, 9.17) is 5.73 Å². The second kappa shape index (κ2) is 6.34. The van der Waals surface area contributed by atoms with Crippen molar-refractivity contribution < 1.29 is 14.4 Å². The molecule has 1 unspecified atom stereocenters. The van der Waals surface area contributed by atoms with Gasteiger partial charge in [-0.3, -0.25) is 19.7 Å². The first-order chi connectivity index (χ1) is 8.02. The maximum absolute atomic E-state index is 11.8. The third-order valence-corrected chi connectivity index (χ3v) is 2.81. The van der Waals surface area contributed by atoms with Crippen LogP contribution >= 0.6 is 0 Å². The van der Waals surface area contributed by atoms with E-state index in [1.54, 1.807) is 0 Å². The summed E-state index contributed by atoms with van der Waals surface area (Å²) in [5.74, 6) is -0.579. The molecule has 0 aromatic carbocycles. The van der Waals surface area contributed by atoms with E-state index >= 15 is 0 Å². The first-order valence-corrected chi connectivity index (χ1v) is 5.83. The van der Waals surface area contributed by atoms with Gasteiger partial charge in [-0.1, -0.05) is 6.92 Å². The average molecular weight is 241 g/mol. The molecule has 1 atom stereocenters. The number of hydrogen-bond acceptors (Lipinski definition) is 4. The Kier molecular flexibility index (Phi) is 5.09. The fourth-order valence-electron chi connectivity index (χ4n) is 1.77. The molecular formula is C11H19N3O3. The SMILES string of the molecule is CC(CCN)CCC(=O)N1CC(=O)NC(=O)C1. The minimum absolute atomic E-state index is 0.0180. The first kappa shape index (κ1) is 13.6. The third-order valence-electron chi connectivity index (χ3n) is 2.81. The van der Waals surface area contributed by atoms with Crippen molar-refractivity contribution >= 4 is 17.7 Å². The first-order valence-electron chi connectivity index (χ1n) is 5.83. The smallest absolute Gasteiger partial charge is 0.246 e. The minimum atomic E-state index is -0.412. The Labute approximate surface area is 101 Å². The second-order valence-corrected chi connectivity index (χ2v) is 4.44. The quantitative estimate of drug-likeness (QED) is 0.619. The molecule has 1 rings (SSSR count). The predicted molar refractivity (Wildman–Crippen MR) is 61.8 cm³/mol. The lowest BCUT2D eigenvalue weighted by Gasteiger charge is -2.25. The number of imide groups is 1.